The second-order valence-electron chi connectivity index (χ2n) is 8.11. The summed E-state index contributed by atoms with van der Waals surface area (Å²) < 4.78 is 23.5. The molecular weight excluding hydrogens is 421 g/mol. The van der Waals surface area contributed by atoms with Gasteiger partial charge in [-0.05, 0) is 60.5 Å². The van der Waals surface area contributed by atoms with Crippen LogP contribution in [0.25, 0.3) is 27.6 Å². The van der Waals surface area contributed by atoms with E-state index in [-0.39, 0.29) is 12.4 Å². The van der Waals surface area contributed by atoms with Gasteiger partial charge in [-0.2, -0.15) is 0 Å². The van der Waals surface area contributed by atoms with Crippen molar-refractivity contribution in [2.75, 3.05) is 7.11 Å². The van der Waals surface area contributed by atoms with Gasteiger partial charge in [-0.3, -0.25) is 9.36 Å². The Hall–Kier alpha value is -4.13. The van der Waals surface area contributed by atoms with E-state index < -0.39 is 11.2 Å². The number of halogens is 1. The van der Waals surface area contributed by atoms with E-state index in [1.807, 2.05) is 50.4 Å². The standard InChI is InChI=1S/C26H22FN3O3/c1-16-5-4-6-19(13-16)30-25(31)24-23(21-14-20(33-3)11-12-22(21)28(24)2)29(26(30)32)15-17-7-9-18(27)10-8-17/h4-14H,15H2,1-3H3. The normalized spacial score (nSPS) is 11.4. The van der Waals surface area contributed by atoms with E-state index in [4.69, 9.17) is 4.74 Å². The Morgan fingerprint density at radius 2 is 1.70 bits per heavy atom. The van der Waals surface area contributed by atoms with Crippen molar-refractivity contribution < 1.29 is 9.13 Å². The molecule has 166 valence electrons. The van der Waals surface area contributed by atoms with Crippen LogP contribution in [0.2, 0.25) is 0 Å². The van der Waals surface area contributed by atoms with Crippen molar-refractivity contribution in [1.29, 1.82) is 0 Å². The number of methoxy groups -OCH3 is 1. The Kier molecular flexibility index (Phi) is 4.89. The zero-order chi connectivity index (χ0) is 23.3. The van der Waals surface area contributed by atoms with E-state index in [0.717, 1.165) is 22.0 Å². The van der Waals surface area contributed by atoms with Gasteiger partial charge in [0.2, 0.25) is 0 Å². The molecule has 0 saturated heterocycles. The maximum atomic E-state index is 13.8. The predicted octanol–water partition coefficient (Wildman–Crippen LogP) is 4.15. The number of aryl methyl sites for hydroxylation is 2. The van der Waals surface area contributed by atoms with Gasteiger partial charge in [0.05, 0.1) is 30.4 Å². The molecule has 0 atom stereocenters. The highest BCUT2D eigenvalue weighted by atomic mass is 19.1. The lowest BCUT2D eigenvalue weighted by Crippen LogP contribution is -2.39. The SMILES string of the molecule is COc1ccc2c(c1)c1c(c(=O)n(-c3cccc(C)c3)c(=O)n1Cc1ccc(F)cc1)n2C. The monoisotopic (exact) mass is 443 g/mol. The Morgan fingerprint density at radius 3 is 2.39 bits per heavy atom. The molecule has 5 aromatic rings. The summed E-state index contributed by atoms with van der Waals surface area (Å²) in [7, 11) is 3.38. The number of hydrogen-bond donors (Lipinski definition) is 0. The molecule has 6 nitrogen and oxygen atoms in total. The van der Waals surface area contributed by atoms with E-state index >= 15 is 0 Å². The quantitative estimate of drug-likeness (QED) is 0.419. The molecule has 0 N–H and O–H groups in total. The summed E-state index contributed by atoms with van der Waals surface area (Å²) in [6.07, 6.45) is 0. The van der Waals surface area contributed by atoms with Gasteiger partial charge in [0.25, 0.3) is 5.56 Å². The summed E-state index contributed by atoms with van der Waals surface area (Å²) in [5, 5.41) is 0.736. The molecule has 0 amide bonds. The van der Waals surface area contributed by atoms with Crippen molar-refractivity contribution in [2.45, 2.75) is 13.5 Å². The molecule has 2 heterocycles. The largest absolute Gasteiger partial charge is 0.497 e. The first-order chi connectivity index (χ1) is 15.9. The number of rotatable bonds is 4. The van der Waals surface area contributed by atoms with Gasteiger partial charge in [-0.15, -0.1) is 0 Å². The minimum Gasteiger partial charge on any atom is -0.497 e. The third-order valence-electron chi connectivity index (χ3n) is 5.99. The van der Waals surface area contributed by atoms with Crippen molar-refractivity contribution in [1.82, 2.24) is 13.7 Å². The number of ether oxygens (including phenoxy) is 1. The van der Waals surface area contributed by atoms with Crippen LogP contribution in [0.1, 0.15) is 11.1 Å². The fourth-order valence-electron chi connectivity index (χ4n) is 4.37. The van der Waals surface area contributed by atoms with Gasteiger partial charge in [0.1, 0.15) is 17.1 Å². The first kappa shape index (κ1) is 20.8. The Morgan fingerprint density at radius 1 is 0.939 bits per heavy atom. The summed E-state index contributed by atoms with van der Waals surface area (Å²) >= 11 is 0. The second kappa shape index (κ2) is 7.78. The molecule has 0 aliphatic carbocycles. The summed E-state index contributed by atoms with van der Waals surface area (Å²) in [4.78, 5) is 27.5. The van der Waals surface area contributed by atoms with Gasteiger partial charge in [0.15, 0.2) is 0 Å². The fraction of sp³-hybridized carbons (Fsp3) is 0.154. The van der Waals surface area contributed by atoms with Crippen molar-refractivity contribution in [2.24, 2.45) is 7.05 Å². The lowest BCUT2D eigenvalue weighted by atomic mass is 10.2. The minimum atomic E-state index is -0.460. The average molecular weight is 443 g/mol. The van der Waals surface area contributed by atoms with Gasteiger partial charge in [0, 0.05) is 12.4 Å². The summed E-state index contributed by atoms with van der Waals surface area (Å²) in [6.45, 7) is 2.09. The Balaban J connectivity index is 1.94. The molecule has 5 rings (SSSR count). The lowest BCUT2D eigenvalue weighted by Gasteiger charge is -2.14. The van der Waals surface area contributed by atoms with Crippen LogP contribution >= 0.6 is 0 Å². The van der Waals surface area contributed by atoms with Crippen LogP contribution in [0.4, 0.5) is 4.39 Å². The number of nitrogens with zero attached hydrogens (tertiary/aromatic N) is 3. The lowest BCUT2D eigenvalue weighted by molar-refractivity contribution is 0.415. The van der Waals surface area contributed by atoms with Gasteiger partial charge >= 0.3 is 5.69 Å². The summed E-state index contributed by atoms with van der Waals surface area (Å²) in [5.74, 6) is 0.273. The van der Waals surface area contributed by atoms with Crippen LogP contribution in [0.5, 0.6) is 5.75 Å². The van der Waals surface area contributed by atoms with E-state index in [2.05, 4.69) is 0 Å². The fourth-order valence-corrected chi connectivity index (χ4v) is 4.37. The second-order valence-corrected chi connectivity index (χ2v) is 8.11. The number of hydrogen-bond acceptors (Lipinski definition) is 3. The molecule has 0 bridgehead atoms. The highest BCUT2D eigenvalue weighted by Gasteiger charge is 2.21. The Bertz CT molecular complexity index is 1640. The third-order valence-corrected chi connectivity index (χ3v) is 5.99. The first-order valence-electron chi connectivity index (χ1n) is 10.5. The minimum absolute atomic E-state index is 0.179. The van der Waals surface area contributed by atoms with Crippen LogP contribution in [-0.4, -0.2) is 20.8 Å². The summed E-state index contributed by atoms with van der Waals surface area (Å²) in [5.41, 5.74) is 3.06. The summed E-state index contributed by atoms with van der Waals surface area (Å²) in [6, 6.07) is 18.8. The van der Waals surface area contributed by atoms with Crippen LogP contribution in [0.3, 0.4) is 0 Å². The highest BCUT2D eigenvalue weighted by Crippen LogP contribution is 2.29. The number of benzene rings is 3. The molecular formula is C26H22FN3O3. The average Bonchev–Trinajstić information content (AvgIpc) is 3.10. The topological polar surface area (TPSA) is 58.2 Å². The van der Waals surface area contributed by atoms with E-state index in [1.165, 1.54) is 16.7 Å². The maximum absolute atomic E-state index is 13.8. The zero-order valence-corrected chi connectivity index (χ0v) is 18.5. The maximum Gasteiger partial charge on any atom is 0.336 e. The van der Waals surface area contributed by atoms with Crippen molar-refractivity contribution in [3.63, 3.8) is 0 Å². The number of aromatic nitrogens is 3. The smallest absolute Gasteiger partial charge is 0.336 e. The number of fused-ring (bicyclic) bond motifs is 3. The van der Waals surface area contributed by atoms with Crippen LogP contribution in [-0.2, 0) is 13.6 Å². The van der Waals surface area contributed by atoms with E-state index in [0.29, 0.717) is 22.5 Å². The van der Waals surface area contributed by atoms with Gasteiger partial charge in [-0.1, -0.05) is 24.3 Å². The van der Waals surface area contributed by atoms with Gasteiger partial charge in [-0.25, -0.2) is 13.8 Å². The molecule has 2 aromatic heterocycles. The van der Waals surface area contributed by atoms with Gasteiger partial charge < -0.3 is 9.30 Å². The first-order valence-corrected chi connectivity index (χ1v) is 10.5. The Labute approximate surface area is 188 Å². The molecule has 0 unspecified atom stereocenters. The van der Waals surface area contributed by atoms with Crippen LogP contribution in [0.15, 0.2) is 76.3 Å². The van der Waals surface area contributed by atoms with Crippen LogP contribution < -0.4 is 16.0 Å². The molecule has 7 heteroatoms. The molecule has 0 aliphatic rings. The highest BCUT2D eigenvalue weighted by molar-refractivity contribution is 6.06. The molecule has 33 heavy (non-hydrogen) atoms. The molecule has 0 fully saturated rings. The predicted molar refractivity (Wildman–Crippen MR) is 127 cm³/mol. The van der Waals surface area contributed by atoms with Crippen molar-refractivity contribution in [3.8, 4) is 11.4 Å². The molecule has 0 spiro atoms. The van der Waals surface area contributed by atoms with Crippen molar-refractivity contribution in [3.05, 3.63) is 105 Å². The van der Waals surface area contributed by atoms with E-state index in [9.17, 15) is 14.0 Å². The molecule has 0 aliphatic heterocycles. The van der Waals surface area contributed by atoms with E-state index in [1.54, 1.807) is 34.4 Å². The zero-order valence-electron chi connectivity index (χ0n) is 18.5. The molecule has 3 aromatic carbocycles. The molecule has 0 radical (unpaired) electrons. The third kappa shape index (κ3) is 3.33. The van der Waals surface area contributed by atoms with Crippen LogP contribution in [0, 0.1) is 12.7 Å². The molecule has 0 saturated carbocycles. The van der Waals surface area contributed by atoms with Crippen molar-refractivity contribution >= 4 is 21.9 Å².